The molecule has 0 spiro atoms. The zero-order valence-electron chi connectivity index (χ0n) is 15.1. The molecule has 0 aliphatic carbocycles. The van der Waals surface area contributed by atoms with Gasteiger partial charge in [-0.2, -0.15) is 0 Å². The normalized spacial score (nSPS) is 17.1. The van der Waals surface area contributed by atoms with E-state index in [0.29, 0.717) is 12.2 Å². The van der Waals surface area contributed by atoms with Gasteiger partial charge in [0, 0.05) is 12.1 Å². The van der Waals surface area contributed by atoms with Crippen LogP contribution in [0.25, 0.3) is 11.1 Å². The maximum Gasteiger partial charge on any atom is 0.323 e. The van der Waals surface area contributed by atoms with Gasteiger partial charge in [-0.15, -0.1) is 0 Å². The van der Waals surface area contributed by atoms with Crippen molar-refractivity contribution < 1.29 is 19.5 Å². The third-order valence-corrected chi connectivity index (χ3v) is 4.79. The number of methoxy groups -OCH3 is 2. The zero-order valence-corrected chi connectivity index (χ0v) is 15.1. The highest BCUT2D eigenvalue weighted by Gasteiger charge is 2.31. The van der Waals surface area contributed by atoms with Crippen LogP contribution in [-0.4, -0.2) is 42.9 Å². The fraction of sp³-hybridized carbons (Fsp3) is 0.350. The molecule has 3 rings (SSSR count). The Hall–Kier alpha value is -2.57. The molecule has 2 aromatic carbocycles. The quantitative estimate of drug-likeness (QED) is 0.611. The van der Waals surface area contributed by atoms with Gasteiger partial charge in [0.05, 0.1) is 19.9 Å². The van der Waals surface area contributed by atoms with Crippen LogP contribution in [0.1, 0.15) is 18.4 Å². The molecule has 1 heterocycles. The number of carbonyl (C=O) groups is 1. The van der Waals surface area contributed by atoms with Gasteiger partial charge in [-0.3, -0.25) is 20.4 Å². The van der Waals surface area contributed by atoms with E-state index in [1.165, 1.54) is 7.11 Å². The lowest BCUT2D eigenvalue weighted by Crippen LogP contribution is -2.36. The summed E-state index contributed by atoms with van der Waals surface area (Å²) < 4.78 is 10.4. The number of hydrogen-bond donors (Lipinski definition) is 2. The molecule has 1 atom stereocenters. The molecule has 0 bridgehead atoms. The van der Waals surface area contributed by atoms with E-state index < -0.39 is 0 Å². The lowest BCUT2D eigenvalue weighted by Gasteiger charge is -2.23. The molecular formula is C20H24N2O4. The van der Waals surface area contributed by atoms with Crippen LogP contribution in [-0.2, 0) is 16.1 Å². The second kappa shape index (κ2) is 8.21. The summed E-state index contributed by atoms with van der Waals surface area (Å²) in [5, 5.41) is 9.15. The molecule has 6 nitrogen and oxygen atoms in total. The first-order valence-electron chi connectivity index (χ1n) is 8.65. The summed E-state index contributed by atoms with van der Waals surface area (Å²) in [6.07, 6.45) is 1.83. The summed E-state index contributed by atoms with van der Waals surface area (Å²) in [4.78, 5) is 14.1. The average Bonchev–Trinajstić information content (AvgIpc) is 3.15. The Morgan fingerprint density at radius 3 is 2.85 bits per heavy atom. The second-order valence-corrected chi connectivity index (χ2v) is 6.38. The number of rotatable bonds is 6. The Kier molecular flexibility index (Phi) is 5.75. The van der Waals surface area contributed by atoms with Gasteiger partial charge in [0.15, 0.2) is 0 Å². The lowest BCUT2D eigenvalue weighted by atomic mass is 10.0. The molecule has 26 heavy (non-hydrogen) atoms. The van der Waals surface area contributed by atoms with Gasteiger partial charge in [-0.05, 0) is 54.8 Å². The summed E-state index contributed by atoms with van der Waals surface area (Å²) in [7, 11) is 3.08. The van der Waals surface area contributed by atoms with Crippen molar-refractivity contribution in [3.05, 3.63) is 48.0 Å². The fourth-order valence-corrected chi connectivity index (χ4v) is 3.49. The summed E-state index contributed by atoms with van der Waals surface area (Å²) >= 11 is 0. The average molecular weight is 356 g/mol. The summed E-state index contributed by atoms with van der Waals surface area (Å²) in [5.74, 6) is 0.590. The van der Waals surface area contributed by atoms with Gasteiger partial charge < -0.3 is 9.47 Å². The van der Waals surface area contributed by atoms with Crippen LogP contribution < -0.4 is 10.2 Å². The van der Waals surface area contributed by atoms with Crippen molar-refractivity contribution in [1.82, 2.24) is 4.90 Å². The molecule has 138 valence electrons. The highest BCUT2D eigenvalue weighted by atomic mass is 16.5. The van der Waals surface area contributed by atoms with E-state index in [1.54, 1.807) is 13.2 Å². The third-order valence-electron chi connectivity index (χ3n) is 4.79. The molecule has 0 aromatic heterocycles. The van der Waals surface area contributed by atoms with Crippen LogP contribution >= 0.6 is 0 Å². The zero-order chi connectivity index (χ0) is 18.5. The number of carbonyl (C=O) groups excluding carboxylic acids is 1. The molecule has 0 radical (unpaired) electrons. The van der Waals surface area contributed by atoms with Crippen LogP contribution in [0.3, 0.4) is 0 Å². The van der Waals surface area contributed by atoms with E-state index in [1.807, 2.05) is 30.3 Å². The van der Waals surface area contributed by atoms with Gasteiger partial charge in [0.25, 0.3) is 0 Å². The summed E-state index contributed by atoms with van der Waals surface area (Å²) in [6.45, 7) is 1.56. The predicted octanol–water partition coefficient (Wildman–Crippen LogP) is 3.30. The number of nitrogens with one attached hydrogen (secondary N) is 1. The van der Waals surface area contributed by atoms with E-state index in [-0.39, 0.29) is 12.0 Å². The van der Waals surface area contributed by atoms with Gasteiger partial charge in [0.2, 0.25) is 0 Å². The van der Waals surface area contributed by atoms with Crippen LogP contribution in [0.5, 0.6) is 5.75 Å². The maximum atomic E-state index is 12.0. The van der Waals surface area contributed by atoms with Crippen LogP contribution in [0.2, 0.25) is 0 Å². The second-order valence-electron chi connectivity index (χ2n) is 6.38. The van der Waals surface area contributed by atoms with Crippen LogP contribution in [0.15, 0.2) is 42.5 Å². The third kappa shape index (κ3) is 3.81. The Labute approximate surface area is 153 Å². The van der Waals surface area contributed by atoms with Crippen molar-refractivity contribution >= 4 is 11.7 Å². The lowest BCUT2D eigenvalue weighted by molar-refractivity contribution is -0.146. The molecule has 0 saturated carbocycles. The Morgan fingerprint density at radius 1 is 1.27 bits per heavy atom. The standard InChI is InChI=1S/C20H24N2O4/c1-25-19-9-8-14(13-22-10-4-7-18(22)20(23)26-2)11-17(19)15-5-3-6-16(12-15)21-24/h3,5-6,8-9,11-12,18,21,24H,4,7,10,13H2,1-2H3/t18-/m1/s1. The number of anilines is 1. The minimum Gasteiger partial charge on any atom is -0.496 e. The van der Waals surface area contributed by atoms with Gasteiger partial charge in [0.1, 0.15) is 11.8 Å². The molecule has 2 N–H and O–H groups in total. The van der Waals surface area contributed by atoms with Gasteiger partial charge in [-0.1, -0.05) is 18.2 Å². The number of ether oxygens (including phenoxy) is 2. The Balaban J connectivity index is 1.89. The van der Waals surface area contributed by atoms with Crippen molar-refractivity contribution in [3.63, 3.8) is 0 Å². The first-order valence-corrected chi connectivity index (χ1v) is 8.65. The van der Waals surface area contributed by atoms with E-state index >= 15 is 0 Å². The minimum absolute atomic E-state index is 0.169. The molecule has 1 saturated heterocycles. The highest BCUT2D eigenvalue weighted by molar-refractivity contribution is 5.76. The van der Waals surface area contributed by atoms with Gasteiger partial charge in [-0.25, -0.2) is 0 Å². The topological polar surface area (TPSA) is 71.0 Å². The summed E-state index contributed by atoms with van der Waals surface area (Å²) in [5.41, 5.74) is 5.76. The molecule has 1 aliphatic heterocycles. The first-order chi connectivity index (χ1) is 12.7. The maximum absolute atomic E-state index is 12.0. The van der Waals surface area contributed by atoms with Crippen molar-refractivity contribution in [1.29, 1.82) is 0 Å². The van der Waals surface area contributed by atoms with Crippen LogP contribution in [0, 0.1) is 0 Å². The first kappa shape index (κ1) is 18.2. The Bertz CT molecular complexity index is 778. The van der Waals surface area contributed by atoms with Crippen molar-refractivity contribution in [2.45, 2.75) is 25.4 Å². The van der Waals surface area contributed by atoms with E-state index in [0.717, 1.165) is 41.8 Å². The molecule has 0 amide bonds. The number of benzene rings is 2. The number of esters is 1. The molecular weight excluding hydrogens is 332 g/mol. The van der Waals surface area contributed by atoms with E-state index in [2.05, 4.69) is 16.4 Å². The van der Waals surface area contributed by atoms with Gasteiger partial charge >= 0.3 is 5.97 Å². The smallest absolute Gasteiger partial charge is 0.323 e. The van der Waals surface area contributed by atoms with Crippen molar-refractivity contribution in [2.24, 2.45) is 0 Å². The molecule has 0 unspecified atom stereocenters. The highest BCUT2D eigenvalue weighted by Crippen LogP contribution is 2.33. The molecule has 6 heteroatoms. The van der Waals surface area contributed by atoms with Crippen molar-refractivity contribution in [2.75, 3.05) is 26.2 Å². The fourth-order valence-electron chi connectivity index (χ4n) is 3.49. The predicted molar refractivity (Wildman–Crippen MR) is 99.3 cm³/mol. The van der Waals surface area contributed by atoms with Crippen LogP contribution in [0.4, 0.5) is 5.69 Å². The monoisotopic (exact) mass is 356 g/mol. The SMILES string of the molecule is COC(=O)[C@H]1CCCN1Cc1ccc(OC)c(-c2cccc(NO)c2)c1. The number of nitrogens with zero attached hydrogens (tertiary/aromatic N) is 1. The number of likely N-dealkylation sites (tertiary alicyclic amines) is 1. The molecule has 2 aromatic rings. The van der Waals surface area contributed by atoms with Crippen molar-refractivity contribution in [3.8, 4) is 16.9 Å². The van der Waals surface area contributed by atoms with E-state index in [9.17, 15) is 4.79 Å². The largest absolute Gasteiger partial charge is 0.496 e. The number of hydrogen-bond acceptors (Lipinski definition) is 6. The minimum atomic E-state index is -0.174. The van der Waals surface area contributed by atoms with E-state index in [4.69, 9.17) is 14.7 Å². The molecule has 1 fully saturated rings. The Morgan fingerprint density at radius 2 is 2.12 bits per heavy atom. The molecule has 1 aliphatic rings. The summed E-state index contributed by atoms with van der Waals surface area (Å²) in [6, 6.07) is 13.3.